The standard InChI is InChI=1S/C19H13Cl2NO2/c20-12-4-1-3-11(9-12)15-16-13(21)5-2-6-14(16)22-18(10-7-8-10)17(15)19(23)24/h1-6,9-10H,7-8H2,(H,23,24). The van der Waals surface area contributed by atoms with Crippen molar-refractivity contribution < 1.29 is 9.90 Å². The molecule has 0 spiro atoms. The van der Waals surface area contributed by atoms with Crippen LogP contribution in [0.2, 0.25) is 10.0 Å². The summed E-state index contributed by atoms with van der Waals surface area (Å²) in [4.78, 5) is 16.7. The van der Waals surface area contributed by atoms with Gasteiger partial charge in [-0.15, -0.1) is 0 Å². The zero-order chi connectivity index (χ0) is 16.8. The topological polar surface area (TPSA) is 50.2 Å². The molecule has 5 heteroatoms. The maximum Gasteiger partial charge on any atom is 0.338 e. The summed E-state index contributed by atoms with van der Waals surface area (Å²) in [5.41, 5.74) is 2.93. The number of hydrogen-bond acceptors (Lipinski definition) is 2. The molecule has 0 atom stereocenters. The van der Waals surface area contributed by atoms with Crippen molar-refractivity contribution in [3.63, 3.8) is 0 Å². The van der Waals surface area contributed by atoms with Crippen molar-refractivity contribution >= 4 is 40.1 Å². The lowest BCUT2D eigenvalue weighted by atomic mass is 9.93. The van der Waals surface area contributed by atoms with Gasteiger partial charge in [-0.1, -0.05) is 41.4 Å². The van der Waals surface area contributed by atoms with E-state index >= 15 is 0 Å². The highest BCUT2D eigenvalue weighted by Gasteiger charge is 2.33. The Morgan fingerprint density at radius 3 is 2.54 bits per heavy atom. The molecule has 0 saturated heterocycles. The highest BCUT2D eigenvalue weighted by molar-refractivity contribution is 6.37. The lowest BCUT2D eigenvalue weighted by Gasteiger charge is -2.16. The number of nitrogens with zero attached hydrogens (tertiary/aromatic N) is 1. The number of carboxylic acids is 1. The fourth-order valence-electron chi connectivity index (χ4n) is 3.09. The molecule has 24 heavy (non-hydrogen) atoms. The van der Waals surface area contributed by atoms with E-state index < -0.39 is 5.97 Å². The van der Waals surface area contributed by atoms with Gasteiger partial charge in [0, 0.05) is 21.9 Å². The Kier molecular flexibility index (Phi) is 3.70. The first-order valence-corrected chi connectivity index (χ1v) is 8.43. The third kappa shape index (κ3) is 2.54. The van der Waals surface area contributed by atoms with Crippen molar-refractivity contribution in [2.75, 3.05) is 0 Å². The molecule has 1 aliphatic rings. The molecule has 2 aromatic carbocycles. The van der Waals surface area contributed by atoms with Gasteiger partial charge in [-0.2, -0.15) is 0 Å². The van der Waals surface area contributed by atoms with Gasteiger partial charge in [0.25, 0.3) is 0 Å². The van der Waals surface area contributed by atoms with E-state index in [0.717, 1.165) is 18.4 Å². The normalized spacial score (nSPS) is 14.1. The molecule has 1 heterocycles. The van der Waals surface area contributed by atoms with E-state index in [2.05, 4.69) is 4.98 Å². The van der Waals surface area contributed by atoms with Crippen molar-refractivity contribution in [1.29, 1.82) is 0 Å². The number of rotatable bonds is 3. The monoisotopic (exact) mass is 357 g/mol. The second-order valence-corrected chi connectivity index (χ2v) is 6.81. The molecule has 0 unspecified atom stereocenters. The van der Waals surface area contributed by atoms with Gasteiger partial charge in [-0.3, -0.25) is 4.98 Å². The summed E-state index contributed by atoms with van der Waals surface area (Å²) < 4.78 is 0. The van der Waals surface area contributed by atoms with Gasteiger partial charge >= 0.3 is 5.97 Å². The number of carboxylic acid groups (broad SMARTS) is 1. The van der Waals surface area contributed by atoms with E-state index in [-0.39, 0.29) is 11.5 Å². The van der Waals surface area contributed by atoms with Crippen LogP contribution in [-0.4, -0.2) is 16.1 Å². The van der Waals surface area contributed by atoms with E-state index in [1.807, 2.05) is 24.3 Å². The lowest BCUT2D eigenvalue weighted by molar-refractivity contribution is 0.0696. The van der Waals surface area contributed by atoms with E-state index in [1.165, 1.54) is 0 Å². The highest BCUT2D eigenvalue weighted by Crippen LogP contribution is 2.46. The van der Waals surface area contributed by atoms with Crippen molar-refractivity contribution in [1.82, 2.24) is 4.98 Å². The first-order valence-electron chi connectivity index (χ1n) is 7.67. The van der Waals surface area contributed by atoms with Crippen LogP contribution < -0.4 is 0 Å². The molecule has 0 aliphatic heterocycles. The minimum absolute atomic E-state index is 0.206. The summed E-state index contributed by atoms with van der Waals surface area (Å²) in [5, 5.41) is 11.6. The van der Waals surface area contributed by atoms with Crippen LogP contribution in [0.5, 0.6) is 0 Å². The molecule has 1 aliphatic carbocycles. The first kappa shape index (κ1) is 15.4. The second-order valence-electron chi connectivity index (χ2n) is 5.97. The predicted molar refractivity (Wildman–Crippen MR) is 96.1 cm³/mol. The Morgan fingerprint density at radius 2 is 1.88 bits per heavy atom. The van der Waals surface area contributed by atoms with E-state index in [1.54, 1.807) is 18.2 Å². The molecular formula is C19H13Cl2NO2. The number of benzene rings is 2. The third-order valence-corrected chi connectivity index (χ3v) is 4.83. The molecular weight excluding hydrogens is 345 g/mol. The Morgan fingerprint density at radius 1 is 1.12 bits per heavy atom. The van der Waals surface area contributed by atoms with Gasteiger partial charge in [0.05, 0.1) is 21.8 Å². The summed E-state index contributed by atoms with van der Waals surface area (Å²) in [7, 11) is 0. The Balaban J connectivity index is 2.18. The molecule has 0 amide bonds. The minimum atomic E-state index is -0.985. The van der Waals surface area contributed by atoms with Crippen molar-refractivity contribution in [3.8, 4) is 11.1 Å². The lowest BCUT2D eigenvalue weighted by Crippen LogP contribution is -2.08. The quantitative estimate of drug-likeness (QED) is 0.645. The van der Waals surface area contributed by atoms with Crippen LogP contribution >= 0.6 is 23.2 Å². The number of aromatic nitrogens is 1. The van der Waals surface area contributed by atoms with Crippen molar-refractivity contribution in [2.24, 2.45) is 0 Å². The van der Waals surface area contributed by atoms with Gasteiger partial charge in [0.2, 0.25) is 0 Å². The number of fused-ring (bicyclic) bond motifs is 1. The highest BCUT2D eigenvalue weighted by atomic mass is 35.5. The zero-order valence-electron chi connectivity index (χ0n) is 12.6. The molecule has 3 aromatic rings. The van der Waals surface area contributed by atoms with E-state index in [9.17, 15) is 9.90 Å². The van der Waals surface area contributed by atoms with Crippen LogP contribution in [0, 0.1) is 0 Å². The third-order valence-electron chi connectivity index (χ3n) is 4.28. The summed E-state index contributed by atoms with van der Waals surface area (Å²) in [6.45, 7) is 0. The average molecular weight is 358 g/mol. The van der Waals surface area contributed by atoms with Crippen molar-refractivity contribution in [3.05, 3.63) is 63.8 Å². The van der Waals surface area contributed by atoms with Gasteiger partial charge in [0.15, 0.2) is 0 Å². The summed E-state index contributed by atoms with van der Waals surface area (Å²) >= 11 is 12.5. The molecule has 3 nitrogen and oxygen atoms in total. The van der Waals surface area contributed by atoms with E-state index in [0.29, 0.717) is 32.2 Å². The predicted octanol–water partition coefficient (Wildman–Crippen LogP) is 5.78. The van der Waals surface area contributed by atoms with Crippen LogP contribution in [0.3, 0.4) is 0 Å². The van der Waals surface area contributed by atoms with Crippen LogP contribution in [-0.2, 0) is 0 Å². The maximum atomic E-state index is 12.1. The van der Waals surface area contributed by atoms with Gasteiger partial charge in [0.1, 0.15) is 0 Å². The molecule has 0 radical (unpaired) electrons. The Bertz CT molecular complexity index is 981. The van der Waals surface area contributed by atoms with Crippen LogP contribution in [0.15, 0.2) is 42.5 Å². The summed E-state index contributed by atoms with van der Waals surface area (Å²) in [5.74, 6) is -0.779. The van der Waals surface area contributed by atoms with Gasteiger partial charge in [-0.05, 0) is 42.7 Å². The van der Waals surface area contributed by atoms with Crippen LogP contribution in [0.4, 0.5) is 0 Å². The summed E-state index contributed by atoms with van der Waals surface area (Å²) in [6, 6.07) is 12.6. The SMILES string of the molecule is O=C(O)c1c(C2CC2)nc2cccc(Cl)c2c1-c1cccc(Cl)c1. The Hall–Kier alpha value is -2.10. The number of aromatic carboxylic acids is 1. The number of hydrogen-bond donors (Lipinski definition) is 1. The summed E-state index contributed by atoms with van der Waals surface area (Å²) in [6.07, 6.45) is 1.93. The molecule has 1 N–H and O–H groups in total. The van der Waals surface area contributed by atoms with Crippen LogP contribution in [0.1, 0.15) is 34.8 Å². The second kappa shape index (κ2) is 5.76. The van der Waals surface area contributed by atoms with Gasteiger partial charge < -0.3 is 5.11 Å². The minimum Gasteiger partial charge on any atom is -0.478 e. The molecule has 1 fully saturated rings. The number of carbonyl (C=O) groups is 1. The number of pyridine rings is 1. The molecule has 4 rings (SSSR count). The largest absolute Gasteiger partial charge is 0.478 e. The fourth-order valence-corrected chi connectivity index (χ4v) is 3.55. The molecule has 120 valence electrons. The molecule has 1 aromatic heterocycles. The van der Waals surface area contributed by atoms with E-state index in [4.69, 9.17) is 23.2 Å². The first-order chi connectivity index (χ1) is 11.6. The molecule has 1 saturated carbocycles. The number of halogens is 2. The zero-order valence-corrected chi connectivity index (χ0v) is 14.1. The molecule has 0 bridgehead atoms. The Labute approximate surface area is 148 Å². The van der Waals surface area contributed by atoms with Crippen molar-refractivity contribution in [2.45, 2.75) is 18.8 Å². The maximum absolute atomic E-state index is 12.1. The van der Waals surface area contributed by atoms with Gasteiger partial charge in [-0.25, -0.2) is 4.79 Å². The fraction of sp³-hybridized carbons (Fsp3) is 0.158. The van der Waals surface area contributed by atoms with Crippen LogP contribution in [0.25, 0.3) is 22.0 Å². The smallest absolute Gasteiger partial charge is 0.338 e. The average Bonchev–Trinajstić information content (AvgIpc) is 3.38.